The number of carbonyl (C=O) groups excluding carboxylic acids is 1. The molecule has 1 aliphatic carbocycles. The molecule has 2 aromatic carbocycles. The molecule has 3 fully saturated rings. The van der Waals surface area contributed by atoms with Crippen LogP contribution in [0.2, 0.25) is 0 Å². The standard InChI is InChI=1S/C24H26F3N3O3S/c1-34(32,33)28-20-10-16-12-21(16)30(24(31)29-6-3-7-29)22(20)11-14-4-2-5-19(23(14)27)15-8-17(25)13-18(26)9-15/h2,4-5,8-9,13,16,20-22,28H,3,6-7,10-12H2,1H3/t16-,20+,21+,22+/m1/s1. The van der Waals surface area contributed by atoms with E-state index in [9.17, 15) is 22.0 Å². The molecule has 10 heteroatoms. The van der Waals surface area contributed by atoms with Crippen LogP contribution < -0.4 is 4.72 Å². The second-order valence-electron chi connectivity index (χ2n) is 9.53. The molecule has 34 heavy (non-hydrogen) atoms. The summed E-state index contributed by atoms with van der Waals surface area (Å²) in [6, 6.07) is 6.19. The lowest BCUT2D eigenvalue weighted by atomic mass is 9.90. The molecule has 2 heterocycles. The maximum absolute atomic E-state index is 15.6. The van der Waals surface area contributed by atoms with Crippen molar-refractivity contribution in [2.75, 3.05) is 19.3 Å². The van der Waals surface area contributed by atoms with E-state index < -0.39 is 39.6 Å². The van der Waals surface area contributed by atoms with Gasteiger partial charge in [0.25, 0.3) is 0 Å². The van der Waals surface area contributed by atoms with E-state index in [-0.39, 0.29) is 41.1 Å². The number of hydrogen-bond acceptors (Lipinski definition) is 3. The zero-order valence-corrected chi connectivity index (χ0v) is 19.5. The SMILES string of the molecule is CS(=O)(=O)N[C@H]1C[C@@H]2C[C@@H]2N(C(=O)N2CCC2)[C@H]1Cc1cccc(-c2cc(F)cc(F)c2)c1F. The third kappa shape index (κ3) is 4.53. The Morgan fingerprint density at radius 2 is 1.79 bits per heavy atom. The van der Waals surface area contributed by atoms with Crippen LogP contribution in [0.1, 0.15) is 24.8 Å². The van der Waals surface area contributed by atoms with Crippen LogP contribution in [0.4, 0.5) is 18.0 Å². The van der Waals surface area contributed by atoms with E-state index in [1.54, 1.807) is 21.9 Å². The first-order valence-corrected chi connectivity index (χ1v) is 13.3. The van der Waals surface area contributed by atoms with Crippen LogP contribution in [0.25, 0.3) is 11.1 Å². The summed E-state index contributed by atoms with van der Waals surface area (Å²) in [5, 5.41) is 0. The minimum absolute atomic E-state index is 0.0132. The fourth-order valence-corrected chi connectivity index (χ4v) is 6.04. The number of piperidine rings is 1. The van der Waals surface area contributed by atoms with Gasteiger partial charge < -0.3 is 9.80 Å². The van der Waals surface area contributed by atoms with Gasteiger partial charge in [0, 0.05) is 36.8 Å². The van der Waals surface area contributed by atoms with E-state index in [0.717, 1.165) is 37.3 Å². The predicted molar refractivity (Wildman–Crippen MR) is 121 cm³/mol. The Hall–Kier alpha value is -2.59. The highest BCUT2D eigenvalue weighted by Gasteiger charge is 2.55. The van der Waals surface area contributed by atoms with E-state index in [2.05, 4.69) is 4.72 Å². The lowest BCUT2D eigenvalue weighted by Gasteiger charge is -2.45. The molecule has 2 aromatic rings. The Kier molecular flexibility index (Phi) is 5.84. The summed E-state index contributed by atoms with van der Waals surface area (Å²) in [4.78, 5) is 16.7. The van der Waals surface area contributed by atoms with E-state index in [1.807, 2.05) is 0 Å². The monoisotopic (exact) mass is 493 g/mol. The lowest BCUT2D eigenvalue weighted by molar-refractivity contribution is 0.0803. The van der Waals surface area contributed by atoms with E-state index in [4.69, 9.17) is 0 Å². The lowest BCUT2D eigenvalue weighted by Crippen LogP contribution is -2.62. The van der Waals surface area contributed by atoms with Crippen molar-refractivity contribution >= 4 is 16.1 Å². The van der Waals surface area contributed by atoms with Gasteiger partial charge >= 0.3 is 6.03 Å². The van der Waals surface area contributed by atoms with Crippen LogP contribution in [0, 0.1) is 23.4 Å². The van der Waals surface area contributed by atoms with Gasteiger partial charge in [0.2, 0.25) is 10.0 Å². The molecule has 0 aromatic heterocycles. The number of benzene rings is 2. The number of likely N-dealkylation sites (tertiary alicyclic amines) is 2. The first kappa shape index (κ1) is 23.2. The normalized spacial score (nSPS) is 26.1. The van der Waals surface area contributed by atoms with Gasteiger partial charge in [-0.1, -0.05) is 18.2 Å². The Morgan fingerprint density at radius 3 is 2.41 bits per heavy atom. The number of carbonyl (C=O) groups is 1. The van der Waals surface area contributed by atoms with Crippen molar-refractivity contribution in [3.05, 3.63) is 59.4 Å². The van der Waals surface area contributed by atoms with Gasteiger partial charge in [-0.25, -0.2) is 31.1 Å². The molecule has 3 aliphatic rings. The van der Waals surface area contributed by atoms with Gasteiger partial charge in [0.1, 0.15) is 17.5 Å². The fraction of sp³-hybridized carbons (Fsp3) is 0.458. The van der Waals surface area contributed by atoms with Crippen molar-refractivity contribution in [3.63, 3.8) is 0 Å². The molecule has 5 rings (SSSR count). The molecular weight excluding hydrogens is 467 g/mol. The molecule has 182 valence electrons. The van der Waals surface area contributed by atoms with Gasteiger partial charge in [-0.05, 0) is 54.9 Å². The number of urea groups is 1. The molecule has 1 N–H and O–H groups in total. The van der Waals surface area contributed by atoms with Gasteiger partial charge in [-0.2, -0.15) is 0 Å². The van der Waals surface area contributed by atoms with Crippen LogP contribution in [-0.4, -0.2) is 61.7 Å². The molecule has 2 aliphatic heterocycles. The smallest absolute Gasteiger partial charge is 0.320 e. The van der Waals surface area contributed by atoms with Crippen molar-refractivity contribution in [1.29, 1.82) is 0 Å². The summed E-state index contributed by atoms with van der Waals surface area (Å²) in [6.07, 6.45) is 3.44. The summed E-state index contributed by atoms with van der Waals surface area (Å²) in [7, 11) is -3.56. The van der Waals surface area contributed by atoms with Crippen molar-refractivity contribution in [3.8, 4) is 11.1 Å². The molecular formula is C24H26F3N3O3S. The Labute approximate surface area is 196 Å². The highest BCUT2D eigenvalue weighted by atomic mass is 32.2. The minimum atomic E-state index is -3.56. The van der Waals surface area contributed by atoms with Crippen molar-refractivity contribution < 1.29 is 26.4 Å². The van der Waals surface area contributed by atoms with Gasteiger partial charge in [-0.3, -0.25) is 0 Å². The number of fused-ring (bicyclic) bond motifs is 1. The van der Waals surface area contributed by atoms with Gasteiger partial charge in [0.05, 0.1) is 12.3 Å². The number of rotatable bonds is 5. The Balaban J connectivity index is 1.51. The number of nitrogens with zero attached hydrogens (tertiary/aromatic N) is 2. The number of amides is 2. The third-order valence-corrected chi connectivity index (χ3v) is 7.75. The van der Waals surface area contributed by atoms with Crippen LogP contribution in [0.5, 0.6) is 0 Å². The van der Waals surface area contributed by atoms with Crippen molar-refractivity contribution in [2.45, 2.75) is 43.8 Å². The molecule has 0 bridgehead atoms. The third-order valence-electron chi connectivity index (χ3n) is 7.02. The van der Waals surface area contributed by atoms with Crippen molar-refractivity contribution in [2.24, 2.45) is 5.92 Å². The number of sulfonamides is 1. The Bertz CT molecular complexity index is 1210. The maximum Gasteiger partial charge on any atom is 0.320 e. The predicted octanol–water partition coefficient (Wildman–Crippen LogP) is 3.52. The fourth-order valence-electron chi connectivity index (χ4n) is 5.24. The van der Waals surface area contributed by atoms with Crippen LogP contribution in [0.15, 0.2) is 36.4 Å². The van der Waals surface area contributed by atoms with Crippen LogP contribution in [0.3, 0.4) is 0 Å². The molecule has 2 amide bonds. The number of halogens is 3. The summed E-state index contributed by atoms with van der Waals surface area (Å²) >= 11 is 0. The first-order chi connectivity index (χ1) is 16.1. The van der Waals surface area contributed by atoms with E-state index in [1.165, 1.54) is 6.07 Å². The molecule has 0 unspecified atom stereocenters. The maximum atomic E-state index is 15.6. The second-order valence-corrected chi connectivity index (χ2v) is 11.3. The van der Waals surface area contributed by atoms with Crippen LogP contribution in [-0.2, 0) is 16.4 Å². The highest BCUT2D eigenvalue weighted by Crippen LogP contribution is 2.47. The molecule has 2 saturated heterocycles. The average Bonchev–Trinajstić information content (AvgIpc) is 3.45. The summed E-state index contributed by atoms with van der Waals surface area (Å²) in [5.41, 5.74) is 0.374. The largest absolute Gasteiger partial charge is 0.325 e. The topological polar surface area (TPSA) is 69.7 Å². The summed E-state index contributed by atoms with van der Waals surface area (Å²) in [5.74, 6) is -2.04. The van der Waals surface area contributed by atoms with Gasteiger partial charge in [0.15, 0.2) is 0 Å². The number of nitrogens with one attached hydrogen (secondary N) is 1. The quantitative estimate of drug-likeness (QED) is 0.693. The molecule has 0 spiro atoms. The summed E-state index contributed by atoms with van der Waals surface area (Å²) in [6.45, 7) is 1.30. The van der Waals surface area contributed by atoms with Crippen molar-refractivity contribution in [1.82, 2.24) is 14.5 Å². The van der Waals surface area contributed by atoms with E-state index >= 15 is 4.39 Å². The highest BCUT2D eigenvalue weighted by molar-refractivity contribution is 7.88. The average molecular weight is 494 g/mol. The zero-order valence-electron chi connectivity index (χ0n) is 18.7. The Morgan fingerprint density at radius 1 is 1.09 bits per heavy atom. The molecule has 0 radical (unpaired) electrons. The van der Waals surface area contributed by atoms with Crippen LogP contribution >= 0.6 is 0 Å². The van der Waals surface area contributed by atoms with E-state index in [0.29, 0.717) is 19.5 Å². The first-order valence-electron chi connectivity index (χ1n) is 11.4. The number of hydrogen-bond donors (Lipinski definition) is 1. The molecule has 4 atom stereocenters. The summed E-state index contributed by atoms with van der Waals surface area (Å²) < 4.78 is 70.0. The molecule has 1 saturated carbocycles. The van der Waals surface area contributed by atoms with Gasteiger partial charge in [-0.15, -0.1) is 0 Å². The second kappa shape index (κ2) is 8.57. The molecule has 6 nitrogen and oxygen atoms in total. The minimum Gasteiger partial charge on any atom is -0.325 e. The zero-order chi connectivity index (χ0) is 24.2.